The van der Waals surface area contributed by atoms with Crippen molar-refractivity contribution in [2.24, 2.45) is 5.92 Å². The van der Waals surface area contributed by atoms with Gasteiger partial charge < -0.3 is 5.11 Å². The standard InChI is InChI=1S/C12H24O/c1-3-4-5-6-7-8-9-10-12(2)11-13/h3,12-13H,1,4-11H2,2H3. The van der Waals surface area contributed by atoms with Crippen molar-refractivity contribution < 1.29 is 5.11 Å². The normalized spacial score (nSPS) is 12.8. The van der Waals surface area contributed by atoms with E-state index in [2.05, 4.69) is 13.5 Å². The summed E-state index contributed by atoms with van der Waals surface area (Å²) in [5.41, 5.74) is 0. The minimum absolute atomic E-state index is 0.344. The Labute approximate surface area is 82.9 Å². The Bertz CT molecular complexity index is 110. The molecule has 0 aromatic carbocycles. The number of aliphatic hydroxyl groups is 1. The van der Waals surface area contributed by atoms with Crippen molar-refractivity contribution in [2.75, 3.05) is 6.61 Å². The fraction of sp³-hybridized carbons (Fsp3) is 0.833. The summed E-state index contributed by atoms with van der Waals surface area (Å²) >= 11 is 0. The van der Waals surface area contributed by atoms with Crippen LogP contribution in [0.4, 0.5) is 0 Å². The van der Waals surface area contributed by atoms with Gasteiger partial charge in [0, 0.05) is 6.61 Å². The molecule has 0 rings (SSSR count). The highest BCUT2D eigenvalue weighted by atomic mass is 16.3. The van der Waals surface area contributed by atoms with Gasteiger partial charge in [-0.1, -0.05) is 38.7 Å². The number of allylic oxidation sites excluding steroid dienone is 1. The highest BCUT2D eigenvalue weighted by Gasteiger charge is 1.98. The Morgan fingerprint density at radius 1 is 1.15 bits per heavy atom. The summed E-state index contributed by atoms with van der Waals surface area (Å²) in [6, 6.07) is 0. The number of aliphatic hydroxyl groups excluding tert-OH is 1. The molecule has 1 heteroatoms. The second-order valence-electron chi connectivity index (χ2n) is 3.92. The van der Waals surface area contributed by atoms with Crippen LogP contribution in [0.5, 0.6) is 0 Å². The Morgan fingerprint density at radius 2 is 1.77 bits per heavy atom. The molecule has 0 saturated heterocycles. The highest BCUT2D eigenvalue weighted by molar-refractivity contribution is 4.65. The van der Waals surface area contributed by atoms with Crippen LogP contribution in [0.2, 0.25) is 0 Å². The molecular weight excluding hydrogens is 160 g/mol. The van der Waals surface area contributed by atoms with Gasteiger partial charge in [0.05, 0.1) is 0 Å². The molecule has 1 unspecified atom stereocenters. The zero-order valence-corrected chi connectivity index (χ0v) is 8.97. The SMILES string of the molecule is C=CCCCCCCCC(C)CO. The smallest absolute Gasteiger partial charge is 0.0456 e. The van der Waals surface area contributed by atoms with E-state index >= 15 is 0 Å². The predicted octanol–water partition coefficient (Wildman–Crippen LogP) is 3.53. The van der Waals surface area contributed by atoms with Gasteiger partial charge in [-0.2, -0.15) is 0 Å². The molecule has 0 aromatic rings. The zero-order chi connectivity index (χ0) is 9.94. The zero-order valence-electron chi connectivity index (χ0n) is 8.97. The van der Waals surface area contributed by atoms with Gasteiger partial charge in [-0.15, -0.1) is 6.58 Å². The molecule has 0 amide bonds. The molecule has 0 aliphatic carbocycles. The van der Waals surface area contributed by atoms with Crippen LogP contribution < -0.4 is 0 Å². The molecule has 78 valence electrons. The quantitative estimate of drug-likeness (QED) is 0.429. The first-order valence-electron chi connectivity index (χ1n) is 5.53. The van der Waals surface area contributed by atoms with E-state index in [-0.39, 0.29) is 0 Å². The van der Waals surface area contributed by atoms with E-state index in [4.69, 9.17) is 5.11 Å². The van der Waals surface area contributed by atoms with E-state index in [0.29, 0.717) is 12.5 Å². The van der Waals surface area contributed by atoms with Crippen molar-refractivity contribution in [2.45, 2.75) is 51.9 Å². The lowest BCUT2D eigenvalue weighted by atomic mass is 10.0. The van der Waals surface area contributed by atoms with Crippen molar-refractivity contribution in [3.8, 4) is 0 Å². The average molecular weight is 184 g/mol. The van der Waals surface area contributed by atoms with Crippen molar-refractivity contribution >= 4 is 0 Å². The van der Waals surface area contributed by atoms with Crippen LogP contribution in [0.15, 0.2) is 12.7 Å². The number of rotatable bonds is 9. The minimum atomic E-state index is 0.344. The first-order valence-corrected chi connectivity index (χ1v) is 5.53. The summed E-state index contributed by atoms with van der Waals surface area (Å²) in [6.45, 7) is 6.15. The fourth-order valence-electron chi connectivity index (χ4n) is 1.40. The van der Waals surface area contributed by atoms with E-state index < -0.39 is 0 Å². The number of unbranched alkanes of at least 4 members (excludes halogenated alkanes) is 5. The molecule has 0 aromatic heterocycles. The molecule has 0 fully saturated rings. The van der Waals surface area contributed by atoms with Crippen LogP contribution in [-0.4, -0.2) is 11.7 Å². The molecule has 0 bridgehead atoms. The molecule has 0 saturated carbocycles. The van der Waals surface area contributed by atoms with Gasteiger partial charge in [0.2, 0.25) is 0 Å². The topological polar surface area (TPSA) is 20.2 Å². The second-order valence-corrected chi connectivity index (χ2v) is 3.92. The molecule has 1 atom stereocenters. The second kappa shape index (κ2) is 9.79. The van der Waals surface area contributed by atoms with E-state index in [0.717, 1.165) is 6.42 Å². The molecule has 0 spiro atoms. The first-order chi connectivity index (χ1) is 6.31. The first kappa shape index (κ1) is 12.7. The van der Waals surface area contributed by atoms with Crippen molar-refractivity contribution in [3.63, 3.8) is 0 Å². The third-order valence-electron chi connectivity index (χ3n) is 2.42. The van der Waals surface area contributed by atoms with Crippen LogP contribution in [0.25, 0.3) is 0 Å². The molecular formula is C12H24O. The van der Waals surface area contributed by atoms with Gasteiger partial charge in [-0.3, -0.25) is 0 Å². The Hall–Kier alpha value is -0.300. The minimum Gasteiger partial charge on any atom is -0.396 e. The lowest BCUT2D eigenvalue weighted by Gasteiger charge is -2.06. The fourth-order valence-corrected chi connectivity index (χ4v) is 1.40. The summed E-state index contributed by atoms with van der Waals surface area (Å²) in [4.78, 5) is 0. The van der Waals surface area contributed by atoms with E-state index in [9.17, 15) is 0 Å². The number of hydrogen-bond acceptors (Lipinski definition) is 1. The molecule has 0 radical (unpaired) electrons. The van der Waals surface area contributed by atoms with Crippen LogP contribution >= 0.6 is 0 Å². The van der Waals surface area contributed by atoms with Crippen LogP contribution in [0.1, 0.15) is 51.9 Å². The van der Waals surface area contributed by atoms with Crippen molar-refractivity contribution in [3.05, 3.63) is 12.7 Å². The lowest BCUT2D eigenvalue weighted by molar-refractivity contribution is 0.227. The largest absolute Gasteiger partial charge is 0.396 e. The van der Waals surface area contributed by atoms with Gasteiger partial charge in [0.1, 0.15) is 0 Å². The Balaban J connectivity index is 2.95. The van der Waals surface area contributed by atoms with Crippen molar-refractivity contribution in [1.29, 1.82) is 0 Å². The summed E-state index contributed by atoms with van der Waals surface area (Å²) in [5.74, 6) is 0.494. The third kappa shape index (κ3) is 9.62. The molecule has 0 aliphatic rings. The Kier molecular flexibility index (Phi) is 9.56. The van der Waals surface area contributed by atoms with Gasteiger partial charge in [-0.05, 0) is 25.2 Å². The molecule has 1 nitrogen and oxygen atoms in total. The molecule has 0 heterocycles. The third-order valence-corrected chi connectivity index (χ3v) is 2.42. The summed E-state index contributed by atoms with van der Waals surface area (Å²) in [5, 5.41) is 8.80. The highest BCUT2D eigenvalue weighted by Crippen LogP contribution is 2.11. The summed E-state index contributed by atoms with van der Waals surface area (Å²) < 4.78 is 0. The van der Waals surface area contributed by atoms with Gasteiger partial charge >= 0.3 is 0 Å². The molecule has 0 aliphatic heterocycles. The van der Waals surface area contributed by atoms with Crippen molar-refractivity contribution in [1.82, 2.24) is 0 Å². The monoisotopic (exact) mass is 184 g/mol. The maximum Gasteiger partial charge on any atom is 0.0456 e. The summed E-state index contributed by atoms with van der Waals surface area (Å²) in [7, 11) is 0. The summed E-state index contributed by atoms with van der Waals surface area (Å²) in [6.07, 6.45) is 10.9. The van der Waals surface area contributed by atoms with Gasteiger partial charge in [-0.25, -0.2) is 0 Å². The van der Waals surface area contributed by atoms with E-state index in [1.807, 2.05) is 6.08 Å². The predicted molar refractivity (Wildman–Crippen MR) is 58.8 cm³/mol. The molecule has 13 heavy (non-hydrogen) atoms. The van der Waals surface area contributed by atoms with Gasteiger partial charge in [0.15, 0.2) is 0 Å². The van der Waals surface area contributed by atoms with Crippen LogP contribution in [0.3, 0.4) is 0 Å². The lowest BCUT2D eigenvalue weighted by Crippen LogP contribution is -1.99. The van der Waals surface area contributed by atoms with Crippen LogP contribution in [-0.2, 0) is 0 Å². The van der Waals surface area contributed by atoms with E-state index in [1.165, 1.54) is 38.5 Å². The number of hydrogen-bond donors (Lipinski definition) is 1. The average Bonchev–Trinajstić information content (AvgIpc) is 2.16. The maximum absolute atomic E-state index is 8.80. The maximum atomic E-state index is 8.80. The molecule has 1 N–H and O–H groups in total. The van der Waals surface area contributed by atoms with Gasteiger partial charge in [0.25, 0.3) is 0 Å². The van der Waals surface area contributed by atoms with Crippen LogP contribution in [0, 0.1) is 5.92 Å². The Morgan fingerprint density at radius 3 is 2.38 bits per heavy atom. The van der Waals surface area contributed by atoms with E-state index in [1.54, 1.807) is 0 Å².